The van der Waals surface area contributed by atoms with Crippen LogP contribution < -0.4 is 11.1 Å². The van der Waals surface area contributed by atoms with E-state index in [1.165, 1.54) is 18.5 Å². The van der Waals surface area contributed by atoms with E-state index in [2.05, 4.69) is 15.5 Å². The predicted octanol–water partition coefficient (Wildman–Crippen LogP) is 0.881. The second-order valence-corrected chi connectivity index (χ2v) is 3.27. The van der Waals surface area contributed by atoms with Crippen LogP contribution in [0.1, 0.15) is 24.5 Å². The van der Waals surface area contributed by atoms with Gasteiger partial charge < -0.3 is 11.1 Å². The molecule has 0 saturated carbocycles. The number of H-pyrrole nitrogens is 1. The smallest absolute Gasteiger partial charge is 0.145 e. The van der Waals surface area contributed by atoms with Crippen LogP contribution in [0, 0.1) is 0 Å². The number of nitrogens with two attached hydrogens (primary N) is 1. The first kappa shape index (κ1) is 10.3. The third-order valence-corrected chi connectivity index (χ3v) is 2.40. The third-order valence-electron chi connectivity index (χ3n) is 2.40. The maximum Gasteiger partial charge on any atom is 0.145 e. The van der Waals surface area contributed by atoms with Crippen molar-refractivity contribution in [1.82, 2.24) is 15.5 Å². The maximum absolute atomic E-state index is 5.53. The van der Waals surface area contributed by atoms with Crippen molar-refractivity contribution in [2.75, 3.05) is 18.8 Å². The highest BCUT2D eigenvalue weighted by molar-refractivity contribution is 5.85. The van der Waals surface area contributed by atoms with Gasteiger partial charge in [0.1, 0.15) is 5.82 Å². The molecule has 5 heteroatoms. The van der Waals surface area contributed by atoms with Crippen molar-refractivity contribution >= 4 is 18.2 Å². The number of nitrogens with zero attached hydrogens (tertiary/aromatic N) is 1. The van der Waals surface area contributed by atoms with Gasteiger partial charge in [0.2, 0.25) is 0 Å². The number of halogens is 1. The lowest BCUT2D eigenvalue weighted by Gasteiger charge is -2.20. The summed E-state index contributed by atoms with van der Waals surface area (Å²) < 4.78 is 0. The highest BCUT2D eigenvalue weighted by Gasteiger charge is 2.16. The fourth-order valence-corrected chi connectivity index (χ4v) is 1.70. The lowest BCUT2D eigenvalue weighted by molar-refractivity contribution is 0.453. The van der Waals surface area contributed by atoms with E-state index >= 15 is 0 Å². The average Bonchev–Trinajstić information content (AvgIpc) is 2.54. The van der Waals surface area contributed by atoms with Crippen molar-refractivity contribution in [2.45, 2.75) is 18.8 Å². The van der Waals surface area contributed by atoms with Crippen molar-refractivity contribution in [3.63, 3.8) is 0 Å². The van der Waals surface area contributed by atoms with E-state index < -0.39 is 0 Å². The summed E-state index contributed by atoms with van der Waals surface area (Å²) in [5.41, 5.74) is 6.72. The van der Waals surface area contributed by atoms with Crippen LogP contribution >= 0.6 is 12.4 Å². The Bertz CT molecular complexity index is 254. The fraction of sp³-hybridized carbons (Fsp3) is 0.625. The number of hydrogen-bond donors (Lipinski definition) is 3. The van der Waals surface area contributed by atoms with Gasteiger partial charge in [-0.15, -0.1) is 12.4 Å². The van der Waals surface area contributed by atoms with Crippen LogP contribution in [0.15, 0.2) is 6.07 Å². The Morgan fingerprint density at radius 2 is 2.08 bits per heavy atom. The molecule has 0 spiro atoms. The van der Waals surface area contributed by atoms with Crippen molar-refractivity contribution in [1.29, 1.82) is 0 Å². The standard InChI is InChI=1S/C8H14N4.ClH/c9-8-5-7(11-12-8)6-1-3-10-4-2-6;/h5-6,10H,1-4H2,(H3,9,11,12);1H. The Labute approximate surface area is 83.7 Å². The largest absolute Gasteiger partial charge is 0.382 e. The van der Waals surface area contributed by atoms with E-state index in [1.807, 2.05) is 6.07 Å². The van der Waals surface area contributed by atoms with E-state index in [-0.39, 0.29) is 12.4 Å². The van der Waals surface area contributed by atoms with Gasteiger partial charge in [0.05, 0.1) is 0 Å². The first-order valence-corrected chi connectivity index (χ1v) is 4.38. The summed E-state index contributed by atoms with van der Waals surface area (Å²) in [7, 11) is 0. The van der Waals surface area contributed by atoms with Crippen molar-refractivity contribution < 1.29 is 0 Å². The summed E-state index contributed by atoms with van der Waals surface area (Å²) in [6.45, 7) is 2.20. The second kappa shape index (κ2) is 4.48. The van der Waals surface area contributed by atoms with Crippen molar-refractivity contribution in [2.24, 2.45) is 0 Å². The van der Waals surface area contributed by atoms with Gasteiger partial charge in [0.15, 0.2) is 0 Å². The van der Waals surface area contributed by atoms with Crippen LogP contribution in [-0.4, -0.2) is 23.3 Å². The number of nitrogen functional groups attached to an aromatic ring is 1. The molecular formula is C8H15ClN4. The minimum absolute atomic E-state index is 0. The van der Waals surface area contributed by atoms with E-state index in [0.717, 1.165) is 13.1 Å². The zero-order valence-electron chi connectivity index (χ0n) is 7.42. The summed E-state index contributed by atoms with van der Waals surface area (Å²) in [5, 5.41) is 10.2. The molecule has 0 aliphatic carbocycles. The van der Waals surface area contributed by atoms with Gasteiger partial charge in [-0.25, -0.2) is 0 Å². The molecular weight excluding hydrogens is 188 g/mol. The molecule has 0 atom stereocenters. The monoisotopic (exact) mass is 202 g/mol. The van der Waals surface area contributed by atoms with Gasteiger partial charge in [0.25, 0.3) is 0 Å². The SMILES string of the molecule is Cl.Nc1cc(C2CCNCC2)[nH]n1. The molecule has 0 amide bonds. The van der Waals surface area contributed by atoms with Crippen LogP contribution in [0.2, 0.25) is 0 Å². The van der Waals surface area contributed by atoms with Crippen LogP contribution in [0.3, 0.4) is 0 Å². The van der Waals surface area contributed by atoms with E-state index in [1.54, 1.807) is 0 Å². The first-order valence-electron chi connectivity index (χ1n) is 4.38. The number of anilines is 1. The molecule has 0 unspecified atom stereocenters. The summed E-state index contributed by atoms with van der Waals surface area (Å²) in [6.07, 6.45) is 2.36. The molecule has 1 aromatic heterocycles. The van der Waals surface area contributed by atoms with Gasteiger partial charge in [0, 0.05) is 17.7 Å². The van der Waals surface area contributed by atoms with Crippen LogP contribution in [0.5, 0.6) is 0 Å². The molecule has 0 aromatic carbocycles. The van der Waals surface area contributed by atoms with Gasteiger partial charge in [-0.1, -0.05) is 0 Å². The number of rotatable bonds is 1. The zero-order valence-corrected chi connectivity index (χ0v) is 8.23. The molecule has 0 radical (unpaired) electrons. The molecule has 1 aromatic rings. The van der Waals surface area contributed by atoms with Gasteiger partial charge in [-0.2, -0.15) is 5.10 Å². The summed E-state index contributed by atoms with van der Waals surface area (Å²) in [4.78, 5) is 0. The van der Waals surface area contributed by atoms with Gasteiger partial charge in [-0.3, -0.25) is 5.10 Å². The van der Waals surface area contributed by atoms with E-state index in [9.17, 15) is 0 Å². The molecule has 1 aliphatic rings. The molecule has 1 aliphatic heterocycles. The number of aromatic amines is 1. The molecule has 0 bridgehead atoms. The van der Waals surface area contributed by atoms with Crippen molar-refractivity contribution in [3.05, 3.63) is 11.8 Å². The fourth-order valence-electron chi connectivity index (χ4n) is 1.70. The maximum atomic E-state index is 5.53. The molecule has 74 valence electrons. The normalized spacial score (nSPS) is 18.2. The van der Waals surface area contributed by atoms with Crippen LogP contribution in [-0.2, 0) is 0 Å². The molecule has 2 heterocycles. The topological polar surface area (TPSA) is 66.7 Å². The number of nitrogens with one attached hydrogen (secondary N) is 2. The van der Waals surface area contributed by atoms with Gasteiger partial charge >= 0.3 is 0 Å². The first-order chi connectivity index (χ1) is 5.86. The highest BCUT2D eigenvalue weighted by Crippen LogP contribution is 2.23. The van der Waals surface area contributed by atoms with Crippen LogP contribution in [0.25, 0.3) is 0 Å². The number of hydrogen-bond acceptors (Lipinski definition) is 3. The minimum atomic E-state index is 0. The Hall–Kier alpha value is -0.740. The lowest BCUT2D eigenvalue weighted by Crippen LogP contribution is -2.26. The zero-order chi connectivity index (χ0) is 8.39. The molecule has 4 N–H and O–H groups in total. The predicted molar refractivity (Wildman–Crippen MR) is 55.1 cm³/mol. The summed E-state index contributed by atoms with van der Waals surface area (Å²) >= 11 is 0. The van der Waals surface area contributed by atoms with E-state index in [0.29, 0.717) is 11.7 Å². The summed E-state index contributed by atoms with van der Waals surface area (Å²) in [6, 6.07) is 1.94. The highest BCUT2D eigenvalue weighted by atomic mass is 35.5. The second-order valence-electron chi connectivity index (χ2n) is 3.27. The van der Waals surface area contributed by atoms with Crippen molar-refractivity contribution in [3.8, 4) is 0 Å². The quantitative estimate of drug-likeness (QED) is 0.634. The Morgan fingerprint density at radius 3 is 2.62 bits per heavy atom. The Morgan fingerprint density at radius 1 is 1.38 bits per heavy atom. The van der Waals surface area contributed by atoms with Crippen LogP contribution in [0.4, 0.5) is 5.82 Å². The summed E-state index contributed by atoms with van der Waals surface area (Å²) in [5.74, 6) is 1.22. The Kier molecular flexibility index (Phi) is 3.57. The minimum Gasteiger partial charge on any atom is -0.382 e. The van der Waals surface area contributed by atoms with E-state index in [4.69, 9.17) is 5.73 Å². The third kappa shape index (κ3) is 2.35. The molecule has 2 rings (SSSR count). The molecule has 1 saturated heterocycles. The lowest BCUT2D eigenvalue weighted by atomic mass is 9.95. The number of piperidine rings is 1. The number of aromatic nitrogens is 2. The van der Waals surface area contributed by atoms with Gasteiger partial charge in [-0.05, 0) is 25.9 Å². The molecule has 4 nitrogen and oxygen atoms in total. The molecule has 1 fully saturated rings. The molecule has 13 heavy (non-hydrogen) atoms. The average molecular weight is 203 g/mol. The Balaban J connectivity index is 0.000000845.